The van der Waals surface area contributed by atoms with Crippen LogP contribution < -0.4 is 16.8 Å². The number of nitrogens with zero attached hydrogens (tertiary/aromatic N) is 3. The van der Waals surface area contributed by atoms with Crippen LogP contribution in [0.2, 0.25) is 0 Å². The number of nitrogens with one attached hydrogen (secondary N) is 1. The van der Waals surface area contributed by atoms with Crippen molar-refractivity contribution in [2.75, 3.05) is 32.9 Å². The lowest BCUT2D eigenvalue weighted by atomic mass is 10.0. The minimum absolute atomic E-state index is 0.0305. The fourth-order valence-electron chi connectivity index (χ4n) is 2.64. The molecule has 0 fully saturated rings. The number of aliphatic imine (C=N–C) groups is 2. The number of hydrogen-bond acceptors (Lipinski definition) is 5. The van der Waals surface area contributed by atoms with Crippen molar-refractivity contribution in [2.45, 2.75) is 13.3 Å². The minimum Gasteiger partial charge on any atom is -0.398 e. The van der Waals surface area contributed by atoms with E-state index in [1.807, 2.05) is 19.2 Å². The highest BCUT2D eigenvalue weighted by Crippen LogP contribution is 2.22. The quantitative estimate of drug-likeness (QED) is 0.436. The standard InChI is InChI=1S/C17H24N6O/c1-11(24)23-7-6-16(21-3)14(10-23)17(19)22-13-5-4-12(9-20-2)15(18)8-13/h4-5,8-9,21H,6-7,10,18H2,1-3H3,(H2,19,22). The number of nitrogen functional groups attached to an aromatic ring is 1. The van der Waals surface area contributed by atoms with E-state index < -0.39 is 0 Å². The van der Waals surface area contributed by atoms with E-state index in [2.05, 4.69) is 15.3 Å². The Morgan fingerprint density at radius 3 is 2.75 bits per heavy atom. The molecule has 0 bridgehead atoms. The predicted molar refractivity (Wildman–Crippen MR) is 98.6 cm³/mol. The van der Waals surface area contributed by atoms with Crippen LogP contribution in [0, 0.1) is 0 Å². The van der Waals surface area contributed by atoms with Gasteiger partial charge in [-0.3, -0.25) is 9.79 Å². The summed E-state index contributed by atoms with van der Waals surface area (Å²) in [5.41, 5.74) is 16.2. The molecule has 1 heterocycles. The number of hydrogen-bond donors (Lipinski definition) is 3. The molecule has 2 rings (SSSR count). The lowest BCUT2D eigenvalue weighted by molar-refractivity contribution is -0.128. The van der Waals surface area contributed by atoms with Gasteiger partial charge in [-0.05, 0) is 18.2 Å². The Hall–Kier alpha value is -2.83. The summed E-state index contributed by atoms with van der Waals surface area (Å²) in [6, 6.07) is 5.45. The first-order chi connectivity index (χ1) is 11.5. The second-order valence-corrected chi connectivity index (χ2v) is 5.60. The first kappa shape index (κ1) is 17.5. The molecule has 1 aromatic rings. The second kappa shape index (κ2) is 7.63. The number of benzene rings is 1. The van der Waals surface area contributed by atoms with Crippen LogP contribution >= 0.6 is 0 Å². The van der Waals surface area contributed by atoms with Gasteiger partial charge in [0.2, 0.25) is 5.91 Å². The van der Waals surface area contributed by atoms with Crippen LogP contribution in [0.5, 0.6) is 0 Å². The molecule has 0 atom stereocenters. The highest BCUT2D eigenvalue weighted by atomic mass is 16.2. The van der Waals surface area contributed by atoms with E-state index in [0.29, 0.717) is 30.3 Å². The van der Waals surface area contributed by atoms with Crippen molar-refractivity contribution in [2.24, 2.45) is 15.7 Å². The summed E-state index contributed by atoms with van der Waals surface area (Å²) in [5, 5.41) is 3.16. The first-order valence-corrected chi connectivity index (χ1v) is 7.77. The number of nitrogens with two attached hydrogens (primary N) is 2. The first-order valence-electron chi connectivity index (χ1n) is 7.77. The molecule has 7 nitrogen and oxygen atoms in total. The minimum atomic E-state index is 0.0305. The molecule has 1 aliphatic rings. The molecular weight excluding hydrogens is 304 g/mol. The van der Waals surface area contributed by atoms with E-state index in [-0.39, 0.29) is 5.91 Å². The molecule has 0 saturated carbocycles. The molecule has 0 aromatic heterocycles. The molecule has 128 valence electrons. The Morgan fingerprint density at radius 1 is 1.42 bits per heavy atom. The maximum absolute atomic E-state index is 11.6. The van der Waals surface area contributed by atoms with Crippen molar-refractivity contribution in [1.29, 1.82) is 0 Å². The summed E-state index contributed by atoms with van der Waals surface area (Å²) < 4.78 is 0. The Balaban J connectivity index is 2.32. The third-order valence-corrected chi connectivity index (χ3v) is 3.99. The smallest absolute Gasteiger partial charge is 0.219 e. The summed E-state index contributed by atoms with van der Waals surface area (Å²) in [6.07, 6.45) is 2.43. The van der Waals surface area contributed by atoms with Gasteiger partial charge in [-0.25, -0.2) is 4.99 Å². The Kier molecular flexibility index (Phi) is 5.57. The summed E-state index contributed by atoms with van der Waals surface area (Å²) >= 11 is 0. The summed E-state index contributed by atoms with van der Waals surface area (Å²) in [6.45, 7) is 2.70. The van der Waals surface area contributed by atoms with Gasteiger partial charge < -0.3 is 21.7 Å². The molecule has 1 aromatic carbocycles. The van der Waals surface area contributed by atoms with Gasteiger partial charge >= 0.3 is 0 Å². The second-order valence-electron chi connectivity index (χ2n) is 5.60. The summed E-state index contributed by atoms with van der Waals surface area (Å²) in [4.78, 5) is 21.8. The average molecular weight is 328 g/mol. The topological polar surface area (TPSA) is 109 Å². The zero-order valence-corrected chi connectivity index (χ0v) is 14.3. The number of anilines is 1. The largest absolute Gasteiger partial charge is 0.398 e. The van der Waals surface area contributed by atoms with Crippen LogP contribution in [-0.4, -0.2) is 50.0 Å². The van der Waals surface area contributed by atoms with E-state index in [1.54, 1.807) is 31.2 Å². The highest BCUT2D eigenvalue weighted by molar-refractivity contribution is 6.00. The molecule has 7 heteroatoms. The number of amidine groups is 1. The summed E-state index contributed by atoms with van der Waals surface area (Å²) in [7, 11) is 3.54. The monoisotopic (exact) mass is 328 g/mol. The lowest BCUT2D eigenvalue weighted by Gasteiger charge is -2.29. The van der Waals surface area contributed by atoms with E-state index in [4.69, 9.17) is 11.5 Å². The van der Waals surface area contributed by atoms with Crippen molar-refractivity contribution in [1.82, 2.24) is 10.2 Å². The molecule has 0 radical (unpaired) electrons. The highest BCUT2D eigenvalue weighted by Gasteiger charge is 2.22. The van der Waals surface area contributed by atoms with E-state index in [1.165, 1.54) is 0 Å². The van der Waals surface area contributed by atoms with Gasteiger partial charge in [0.05, 0.1) is 12.2 Å². The fraction of sp³-hybridized carbons (Fsp3) is 0.353. The normalized spacial score (nSPS) is 16.0. The third kappa shape index (κ3) is 3.92. The molecule has 1 amide bonds. The maximum Gasteiger partial charge on any atom is 0.219 e. The number of carbonyl (C=O) groups excluding carboxylic acids is 1. The van der Waals surface area contributed by atoms with Gasteiger partial charge in [-0.15, -0.1) is 0 Å². The molecule has 0 saturated heterocycles. The van der Waals surface area contributed by atoms with Crippen LogP contribution in [0.15, 0.2) is 39.5 Å². The zero-order valence-electron chi connectivity index (χ0n) is 14.3. The fourth-order valence-corrected chi connectivity index (χ4v) is 2.64. The van der Waals surface area contributed by atoms with Crippen molar-refractivity contribution in [3.05, 3.63) is 35.0 Å². The van der Waals surface area contributed by atoms with Crippen LogP contribution in [0.25, 0.3) is 0 Å². The van der Waals surface area contributed by atoms with Crippen LogP contribution in [0.4, 0.5) is 11.4 Å². The van der Waals surface area contributed by atoms with Crippen molar-refractivity contribution >= 4 is 29.3 Å². The van der Waals surface area contributed by atoms with Crippen LogP contribution in [0.1, 0.15) is 18.9 Å². The average Bonchev–Trinajstić information content (AvgIpc) is 2.56. The van der Waals surface area contributed by atoms with Crippen molar-refractivity contribution < 1.29 is 4.79 Å². The number of carbonyl (C=O) groups is 1. The SMILES string of the molecule is CN=Cc1ccc(N=C(N)C2=C(NC)CCN(C(C)=O)C2)cc1N. The van der Waals surface area contributed by atoms with Gasteiger partial charge in [0.15, 0.2) is 0 Å². The predicted octanol–water partition coefficient (Wildman–Crippen LogP) is 1.03. The van der Waals surface area contributed by atoms with Crippen molar-refractivity contribution in [3.8, 4) is 0 Å². The van der Waals surface area contributed by atoms with Gasteiger partial charge in [0, 0.05) is 62.7 Å². The van der Waals surface area contributed by atoms with Crippen molar-refractivity contribution in [3.63, 3.8) is 0 Å². The van der Waals surface area contributed by atoms with Gasteiger partial charge in [-0.1, -0.05) is 0 Å². The maximum atomic E-state index is 11.6. The van der Waals surface area contributed by atoms with E-state index >= 15 is 0 Å². The Labute approximate surface area is 142 Å². The molecule has 0 unspecified atom stereocenters. The lowest BCUT2D eigenvalue weighted by Crippen LogP contribution is -2.40. The van der Waals surface area contributed by atoms with Crippen LogP contribution in [-0.2, 0) is 4.79 Å². The molecule has 0 spiro atoms. The molecule has 24 heavy (non-hydrogen) atoms. The zero-order chi connectivity index (χ0) is 17.7. The Morgan fingerprint density at radius 2 is 2.17 bits per heavy atom. The number of rotatable bonds is 4. The molecule has 1 aliphatic heterocycles. The van der Waals surface area contributed by atoms with Crippen LogP contribution in [0.3, 0.4) is 0 Å². The van der Waals surface area contributed by atoms with Gasteiger partial charge in [0.25, 0.3) is 0 Å². The number of amides is 1. The van der Waals surface area contributed by atoms with Gasteiger partial charge in [-0.2, -0.15) is 0 Å². The third-order valence-electron chi connectivity index (χ3n) is 3.99. The van der Waals surface area contributed by atoms with E-state index in [0.717, 1.165) is 23.3 Å². The molecule has 0 aliphatic carbocycles. The molecule has 5 N–H and O–H groups in total. The Bertz CT molecular complexity index is 720. The summed E-state index contributed by atoms with van der Waals surface area (Å²) in [5.74, 6) is 0.421. The van der Waals surface area contributed by atoms with E-state index in [9.17, 15) is 4.79 Å². The van der Waals surface area contributed by atoms with Gasteiger partial charge in [0.1, 0.15) is 5.84 Å². The molecular formula is C17H24N6O.